The molecule has 0 amide bonds. The van der Waals surface area contributed by atoms with Crippen LogP contribution in [0.15, 0.2) is 64.9 Å². The normalized spacial score (nSPS) is 11.3. The molecule has 4 aromatic rings. The van der Waals surface area contributed by atoms with Gasteiger partial charge in [-0.15, -0.1) is 11.3 Å². The van der Waals surface area contributed by atoms with Crippen molar-refractivity contribution in [1.29, 1.82) is 5.26 Å². The lowest BCUT2D eigenvalue weighted by atomic mass is 10.2. The molecule has 0 radical (unpaired) electrons. The molecule has 0 fully saturated rings. The van der Waals surface area contributed by atoms with Crippen LogP contribution in [-0.4, -0.2) is 18.0 Å². The van der Waals surface area contributed by atoms with Gasteiger partial charge in [-0.25, -0.2) is 13.4 Å². The predicted octanol–water partition coefficient (Wildman–Crippen LogP) is 5.45. The Kier molecular flexibility index (Phi) is 5.58. The third-order valence-corrected chi connectivity index (χ3v) is 7.48. The van der Waals surface area contributed by atoms with Crippen LogP contribution in [0.25, 0.3) is 22.0 Å². The highest BCUT2D eigenvalue weighted by molar-refractivity contribution is 7.92. The molecule has 9 heteroatoms. The second-order valence-electron chi connectivity index (χ2n) is 6.88. The largest absolute Gasteiger partial charge is 0.345 e. The number of halogens is 1. The summed E-state index contributed by atoms with van der Waals surface area (Å²) in [6, 6.07) is 17.3. The summed E-state index contributed by atoms with van der Waals surface area (Å²) in [6.07, 6.45) is 0. The van der Waals surface area contributed by atoms with Gasteiger partial charge in [-0.1, -0.05) is 23.7 Å². The van der Waals surface area contributed by atoms with E-state index < -0.39 is 10.0 Å². The Hall–Kier alpha value is -3.12. The van der Waals surface area contributed by atoms with Gasteiger partial charge >= 0.3 is 0 Å². The van der Waals surface area contributed by atoms with Gasteiger partial charge in [0.05, 0.1) is 23.0 Å². The molecule has 0 unspecified atom stereocenters. The Morgan fingerprint density at radius 2 is 1.90 bits per heavy atom. The molecular weight excluding hydrogens is 452 g/mol. The molecule has 2 aromatic heterocycles. The number of benzene rings is 2. The Bertz CT molecular complexity index is 1410. The Balaban J connectivity index is 1.67. The van der Waals surface area contributed by atoms with Crippen LogP contribution >= 0.6 is 22.9 Å². The molecule has 31 heavy (non-hydrogen) atoms. The highest BCUT2D eigenvalue weighted by Crippen LogP contribution is 2.33. The fraction of sp³-hybridized carbons (Fsp3) is 0.0909. The first-order chi connectivity index (χ1) is 14.8. The van der Waals surface area contributed by atoms with Crippen LogP contribution < -0.4 is 4.72 Å². The minimum Gasteiger partial charge on any atom is -0.345 e. The summed E-state index contributed by atoms with van der Waals surface area (Å²) in [5.74, 6) is 0. The minimum absolute atomic E-state index is 0.175. The maximum atomic E-state index is 13.0. The third kappa shape index (κ3) is 4.21. The van der Waals surface area contributed by atoms with Crippen LogP contribution in [0.1, 0.15) is 11.3 Å². The number of nitrogens with one attached hydrogen (secondary N) is 1. The number of hydrogen-bond donors (Lipinski definition) is 1. The van der Waals surface area contributed by atoms with E-state index in [0.29, 0.717) is 32.7 Å². The van der Waals surface area contributed by atoms with Crippen molar-refractivity contribution in [3.05, 3.63) is 76.3 Å². The highest BCUT2D eigenvalue weighted by atomic mass is 35.5. The summed E-state index contributed by atoms with van der Waals surface area (Å²) < 4.78 is 30.4. The van der Waals surface area contributed by atoms with Crippen molar-refractivity contribution >= 4 is 38.6 Å². The topological polar surface area (TPSA) is 87.8 Å². The standard InChI is InChI=1S/C22H17ClN4O2S2/c1-14-21(31(28,29)26-18-8-6-15(12-24)7-9-18)11-20(27(14)2)22-25-19(13-30-22)16-4-3-5-17(23)10-16/h3-11,13,26H,1-2H3. The monoisotopic (exact) mass is 468 g/mol. The number of sulfonamides is 1. The van der Waals surface area contributed by atoms with E-state index >= 15 is 0 Å². The van der Waals surface area contributed by atoms with Crippen LogP contribution in [0.3, 0.4) is 0 Å². The number of nitrogens with zero attached hydrogens (tertiary/aromatic N) is 3. The van der Waals surface area contributed by atoms with Gasteiger partial charge in [0, 0.05) is 34.4 Å². The molecule has 0 atom stereocenters. The van der Waals surface area contributed by atoms with Gasteiger partial charge in [-0.3, -0.25) is 4.72 Å². The maximum absolute atomic E-state index is 13.0. The number of thiazole rings is 1. The predicted molar refractivity (Wildman–Crippen MR) is 124 cm³/mol. The Labute approximate surface area is 189 Å². The molecule has 2 heterocycles. The van der Waals surface area contributed by atoms with E-state index in [0.717, 1.165) is 11.3 Å². The van der Waals surface area contributed by atoms with Crippen molar-refractivity contribution < 1.29 is 8.42 Å². The maximum Gasteiger partial charge on any atom is 0.263 e. The molecule has 2 aromatic carbocycles. The Morgan fingerprint density at radius 1 is 1.16 bits per heavy atom. The van der Waals surface area contributed by atoms with E-state index in [2.05, 4.69) is 9.71 Å². The SMILES string of the molecule is Cc1c(S(=O)(=O)Nc2ccc(C#N)cc2)cc(-c2nc(-c3cccc(Cl)c3)cs2)n1C. The first kappa shape index (κ1) is 21.1. The van der Waals surface area contributed by atoms with Gasteiger partial charge in [-0.05, 0) is 49.4 Å². The molecule has 0 bridgehead atoms. The second-order valence-corrected chi connectivity index (χ2v) is 9.83. The van der Waals surface area contributed by atoms with Crippen molar-refractivity contribution in [2.24, 2.45) is 7.05 Å². The zero-order chi connectivity index (χ0) is 22.2. The summed E-state index contributed by atoms with van der Waals surface area (Å²) in [7, 11) is -2.01. The first-order valence-corrected chi connectivity index (χ1v) is 11.9. The number of aromatic nitrogens is 2. The van der Waals surface area contributed by atoms with E-state index in [-0.39, 0.29) is 4.90 Å². The van der Waals surface area contributed by atoms with Gasteiger partial charge in [0.1, 0.15) is 9.90 Å². The molecule has 156 valence electrons. The van der Waals surface area contributed by atoms with Gasteiger partial charge in [0.2, 0.25) is 0 Å². The zero-order valence-corrected chi connectivity index (χ0v) is 19.0. The number of rotatable bonds is 5. The van der Waals surface area contributed by atoms with Gasteiger partial charge in [0.25, 0.3) is 10.0 Å². The average Bonchev–Trinajstić information content (AvgIpc) is 3.34. The summed E-state index contributed by atoms with van der Waals surface area (Å²) in [6.45, 7) is 1.75. The quantitative estimate of drug-likeness (QED) is 0.421. The van der Waals surface area contributed by atoms with E-state index in [1.165, 1.54) is 11.3 Å². The molecule has 1 N–H and O–H groups in total. The van der Waals surface area contributed by atoms with E-state index in [9.17, 15) is 8.42 Å². The van der Waals surface area contributed by atoms with Crippen molar-refractivity contribution in [2.75, 3.05) is 4.72 Å². The smallest absolute Gasteiger partial charge is 0.263 e. The van der Waals surface area contributed by atoms with Crippen molar-refractivity contribution in [3.63, 3.8) is 0 Å². The van der Waals surface area contributed by atoms with Crippen LogP contribution in [0.4, 0.5) is 5.69 Å². The molecule has 0 aliphatic heterocycles. The number of hydrogen-bond acceptors (Lipinski definition) is 5. The highest BCUT2D eigenvalue weighted by Gasteiger charge is 2.23. The van der Waals surface area contributed by atoms with Gasteiger partial charge < -0.3 is 4.57 Å². The van der Waals surface area contributed by atoms with Gasteiger partial charge in [-0.2, -0.15) is 5.26 Å². The first-order valence-electron chi connectivity index (χ1n) is 9.19. The third-order valence-electron chi connectivity index (χ3n) is 4.89. The molecule has 4 rings (SSSR count). The van der Waals surface area contributed by atoms with Crippen molar-refractivity contribution in [3.8, 4) is 28.0 Å². The van der Waals surface area contributed by atoms with Gasteiger partial charge in [0.15, 0.2) is 0 Å². The lowest BCUT2D eigenvalue weighted by molar-refractivity contribution is 0.600. The molecule has 0 saturated carbocycles. The molecule has 0 aliphatic rings. The molecule has 0 spiro atoms. The van der Waals surface area contributed by atoms with Crippen LogP contribution in [0.2, 0.25) is 5.02 Å². The Morgan fingerprint density at radius 3 is 2.58 bits per heavy atom. The fourth-order valence-electron chi connectivity index (χ4n) is 3.14. The van der Waals surface area contributed by atoms with Crippen LogP contribution in [-0.2, 0) is 17.1 Å². The van der Waals surface area contributed by atoms with Crippen molar-refractivity contribution in [1.82, 2.24) is 9.55 Å². The lowest BCUT2D eigenvalue weighted by Gasteiger charge is -2.08. The number of anilines is 1. The molecule has 0 saturated heterocycles. The lowest BCUT2D eigenvalue weighted by Crippen LogP contribution is -2.13. The van der Waals surface area contributed by atoms with E-state index in [1.54, 1.807) is 43.3 Å². The molecule has 6 nitrogen and oxygen atoms in total. The zero-order valence-electron chi connectivity index (χ0n) is 16.6. The van der Waals surface area contributed by atoms with Crippen LogP contribution in [0, 0.1) is 18.3 Å². The minimum atomic E-state index is -3.82. The summed E-state index contributed by atoms with van der Waals surface area (Å²) in [4.78, 5) is 4.86. The molecular formula is C22H17ClN4O2S2. The summed E-state index contributed by atoms with van der Waals surface area (Å²) in [5, 5.41) is 12.2. The van der Waals surface area contributed by atoms with Crippen molar-refractivity contribution in [2.45, 2.75) is 11.8 Å². The van der Waals surface area contributed by atoms with E-state index in [1.807, 2.05) is 41.3 Å². The van der Waals surface area contributed by atoms with Crippen LogP contribution in [0.5, 0.6) is 0 Å². The average molecular weight is 469 g/mol. The second kappa shape index (κ2) is 8.19. The number of nitriles is 1. The summed E-state index contributed by atoms with van der Waals surface area (Å²) in [5.41, 5.74) is 3.83. The molecule has 0 aliphatic carbocycles. The summed E-state index contributed by atoms with van der Waals surface area (Å²) >= 11 is 7.52. The fourth-order valence-corrected chi connectivity index (χ4v) is 5.56. The van der Waals surface area contributed by atoms with E-state index in [4.69, 9.17) is 16.9 Å².